The Hall–Kier alpha value is -1.61. The lowest BCUT2D eigenvalue weighted by atomic mass is 10.2. The molecule has 0 amide bonds. The fraction of sp³-hybridized carbons (Fsp3) is 0.333. The third kappa shape index (κ3) is 5.72. The van der Waals surface area contributed by atoms with Crippen LogP contribution in [0.15, 0.2) is 22.7 Å². The number of anilines is 1. The molecule has 1 rings (SSSR count). The van der Waals surface area contributed by atoms with Gasteiger partial charge in [0.05, 0.1) is 30.0 Å². The summed E-state index contributed by atoms with van der Waals surface area (Å²) in [5.74, 6) is -2.13. The number of halogens is 1. The molecule has 2 N–H and O–H groups in total. The zero-order chi connectivity index (χ0) is 16.0. The summed E-state index contributed by atoms with van der Waals surface area (Å²) in [6, 6.07) is 3.89. The molecule has 0 spiro atoms. The molecule has 0 aliphatic carbocycles. The highest BCUT2D eigenvalue weighted by atomic mass is 79.9. The smallest absolute Gasteiger partial charge is 0.335 e. The Kier molecular flexibility index (Phi) is 6.16. The summed E-state index contributed by atoms with van der Waals surface area (Å²) in [7, 11) is -3.73. The van der Waals surface area contributed by atoms with Gasteiger partial charge >= 0.3 is 11.9 Å². The number of rotatable bonds is 7. The van der Waals surface area contributed by atoms with Crippen LogP contribution in [0.3, 0.4) is 0 Å². The van der Waals surface area contributed by atoms with Crippen LogP contribution in [-0.2, 0) is 19.6 Å². The molecule has 0 bridgehead atoms. The minimum Gasteiger partial charge on any atom is -0.478 e. The Labute approximate surface area is 130 Å². The first-order valence-electron chi connectivity index (χ1n) is 5.94. The molecule has 0 aliphatic rings. The molecule has 1 aromatic rings. The van der Waals surface area contributed by atoms with Crippen LogP contribution >= 0.6 is 15.9 Å². The minimum atomic E-state index is -3.73. The SMILES string of the molecule is CCOC(=O)CCS(=O)(=O)Nc1ccc(C(=O)O)cc1Br. The summed E-state index contributed by atoms with van der Waals surface area (Å²) in [6.07, 6.45) is -0.256. The van der Waals surface area contributed by atoms with E-state index in [9.17, 15) is 18.0 Å². The molecule has 0 unspecified atom stereocenters. The average molecular weight is 380 g/mol. The maximum atomic E-state index is 11.8. The predicted molar refractivity (Wildman–Crippen MR) is 79.8 cm³/mol. The molecule has 1 aromatic carbocycles. The van der Waals surface area contributed by atoms with Crippen molar-refractivity contribution >= 4 is 43.6 Å². The minimum absolute atomic E-state index is 0.0244. The molecule has 0 aliphatic heterocycles. The number of benzene rings is 1. The van der Waals surface area contributed by atoms with Gasteiger partial charge in [-0.05, 0) is 41.1 Å². The van der Waals surface area contributed by atoms with Crippen LogP contribution in [-0.4, -0.2) is 37.8 Å². The maximum absolute atomic E-state index is 11.8. The number of carboxylic acid groups (broad SMARTS) is 1. The van der Waals surface area contributed by atoms with Crippen molar-refractivity contribution in [3.05, 3.63) is 28.2 Å². The molecule has 0 aromatic heterocycles. The highest BCUT2D eigenvalue weighted by Gasteiger charge is 2.16. The van der Waals surface area contributed by atoms with Gasteiger partial charge in [-0.25, -0.2) is 13.2 Å². The summed E-state index contributed by atoms with van der Waals surface area (Å²) in [5, 5.41) is 8.82. The number of carboxylic acids is 1. The van der Waals surface area contributed by atoms with Gasteiger partial charge in [0, 0.05) is 4.47 Å². The molecule has 0 heterocycles. The van der Waals surface area contributed by atoms with Crippen molar-refractivity contribution in [3.8, 4) is 0 Å². The number of hydrogen-bond donors (Lipinski definition) is 2. The average Bonchev–Trinajstić information content (AvgIpc) is 2.39. The van der Waals surface area contributed by atoms with Gasteiger partial charge in [0.1, 0.15) is 0 Å². The first kappa shape index (κ1) is 17.4. The van der Waals surface area contributed by atoms with E-state index in [1.54, 1.807) is 6.92 Å². The fourth-order valence-electron chi connectivity index (χ4n) is 1.40. The van der Waals surface area contributed by atoms with Gasteiger partial charge in [0.15, 0.2) is 0 Å². The highest BCUT2D eigenvalue weighted by Crippen LogP contribution is 2.24. The molecule has 0 atom stereocenters. The van der Waals surface area contributed by atoms with Crippen molar-refractivity contribution in [3.63, 3.8) is 0 Å². The van der Waals surface area contributed by atoms with Gasteiger partial charge in [0.2, 0.25) is 10.0 Å². The lowest BCUT2D eigenvalue weighted by Gasteiger charge is -2.10. The van der Waals surface area contributed by atoms with E-state index in [-0.39, 0.29) is 24.3 Å². The molecule has 7 nitrogen and oxygen atoms in total. The van der Waals surface area contributed by atoms with Crippen LogP contribution < -0.4 is 4.72 Å². The van der Waals surface area contributed by atoms with E-state index in [1.807, 2.05) is 0 Å². The van der Waals surface area contributed by atoms with Crippen molar-refractivity contribution in [2.75, 3.05) is 17.1 Å². The van der Waals surface area contributed by atoms with Gasteiger partial charge in [0.25, 0.3) is 0 Å². The molecule has 116 valence electrons. The Bertz CT molecular complexity index is 643. The molecule has 9 heteroatoms. The van der Waals surface area contributed by atoms with Crippen LogP contribution in [0.2, 0.25) is 0 Å². The largest absolute Gasteiger partial charge is 0.478 e. The molecule has 0 fully saturated rings. The van der Waals surface area contributed by atoms with E-state index >= 15 is 0 Å². The first-order chi connectivity index (χ1) is 9.75. The maximum Gasteiger partial charge on any atom is 0.335 e. The second-order valence-corrected chi connectivity index (χ2v) is 6.67. The summed E-state index contributed by atoms with van der Waals surface area (Å²) in [4.78, 5) is 21.9. The van der Waals surface area contributed by atoms with Crippen molar-refractivity contribution in [2.24, 2.45) is 0 Å². The van der Waals surface area contributed by atoms with Crippen LogP contribution in [0.5, 0.6) is 0 Å². The second-order valence-electron chi connectivity index (χ2n) is 3.98. The Morgan fingerprint density at radius 2 is 2.05 bits per heavy atom. The summed E-state index contributed by atoms with van der Waals surface area (Å²) in [5.41, 5.74) is 0.222. The quantitative estimate of drug-likeness (QED) is 0.699. The zero-order valence-electron chi connectivity index (χ0n) is 11.1. The first-order valence-corrected chi connectivity index (χ1v) is 8.38. The molecular weight excluding hydrogens is 366 g/mol. The van der Waals surface area contributed by atoms with E-state index in [4.69, 9.17) is 5.11 Å². The number of esters is 1. The van der Waals surface area contributed by atoms with E-state index in [0.717, 1.165) is 0 Å². The van der Waals surface area contributed by atoms with Gasteiger partial charge in [-0.2, -0.15) is 0 Å². The van der Waals surface area contributed by atoms with E-state index in [0.29, 0.717) is 4.47 Å². The third-order valence-electron chi connectivity index (χ3n) is 2.36. The Morgan fingerprint density at radius 1 is 1.38 bits per heavy atom. The van der Waals surface area contributed by atoms with Crippen molar-refractivity contribution in [1.29, 1.82) is 0 Å². The number of sulfonamides is 1. The van der Waals surface area contributed by atoms with E-state index < -0.39 is 27.7 Å². The topological polar surface area (TPSA) is 110 Å². The molecule has 0 saturated heterocycles. The normalized spacial score (nSPS) is 11.0. The van der Waals surface area contributed by atoms with E-state index in [1.165, 1.54) is 18.2 Å². The van der Waals surface area contributed by atoms with E-state index in [2.05, 4.69) is 25.4 Å². The van der Waals surface area contributed by atoms with Crippen LogP contribution in [0.25, 0.3) is 0 Å². The number of hydrogen-bond acceptors (Lipinski definition) is 5. The summed E-state index contributed by atoms with van der Waals surface area (Å²) >= 11 is 3.09. The zero-order valence-corrected chi connectivity index (χ0v) is 13.5. The van der Waals surface area contributed by atoms with Crippen LogP contribution in [0.4, 0.5) is 5.69 Å². The van der Waals surface area contributed by atoms with Crippen molar-refractivity contribution in [1.82, 2.24) is 0 Å². The molecule has 21 heavy (non-hydrogen) atoms. The number of carbonyl (C=O) groups is 2. The van der Waals surface area contributed by atoms with Gasteiger partial charge < -0.3 is 9.84 Å². The van der Waals surface area contributed by atoms with Gasteiger partial charge in [-0.3, -0.25) is 9.52 Å². The monoisotopic (exact) mass is 379 g/mol. The fourth-order valence-corrected chi connectivity index (χ4v) is 3.06. The summed E-state index contributed by atoms with van der Waals surface area (Å²) < 4.78 is 30.9. The summed E-state index contributed by atoms with van der Waals surface area (Å²) in [6.45, 7) is 1.82. The van der Waals surface area contributed by atoms with Crippen LogP contribution in [0.1, 0.15) is 23.7 Å². The molecule has 0 saturated carbocycles. The molecule has 0 radical (unpaired) electrons. The van der Waals surface area contributed by atoms with Gasteiger partial charge in [-0.15, -0.1) is 0 Å². The molecular formula is C12H14BrNO6S. The standard InChI is InChI=1S/C12H14BrNO6S/c1-2-20-11(15)5-6-21(18,19)14-10-4-3-8(12(16)17)7-9(10)13/h3-4,7,14H,2,5-6H2,1H3,(H,16,17). The van der Waals surface area contributed by atoms with Crippen LogP contribution in [0, 0.1) is 0 Å². The Balaban J connectivity index is 2.75. The Morgan fingerprint density at radius 3 is 2.57 bits per heavy atom. The number of nitrogens with one attached hydrogen (secondary N) is 1. The predicted octanol–water partition coefficient (Wildman–Crippen LogP) is 1.84. The number of aromatic carboxylic acids is 1. The highest BCUT2D eigenvalue weighted by molar-refractivity contribution is 9.10. The third-order valence-corrected chi connectivity index (χ3v) is 4.29. The van der Waals surface area contributed by atoms with Crippen molar-refractivity contribution < 1.29 is 27.9 Å². The van der Waals surface area contributed by atoms with Gasteiger partial charge in [-0.1, -0.05) is 0 Å². The lowest BCUT2D eigenvalue weighted by Crippen LogP contribution is -2.20. The number of carbonyl (C=O) groups excluding carboxylic acids is 1. The van der Waals surface area contributed by atoms with Crippen molar-refractivity contribution in [2.45, 2.75) is 13.3 Å². The second kappa shape index (κ2) is 7.41. The lowest BCUT2D eigenvalue weighted by molar-refractivity contribution is -0.142. The number of ether oxygens (including phenoxy) is 1.